The SMILES string of the molecule is CCC(=O)c1ccc(OCCOc2ccc(S(=O)(=O)N3CCOCC3)cc2)cc1. The predicted molar refractivity (Wildman–Crippen MR) is 108 cm³/mol. The first kappa shape index (κ1) is 21.3. The standard InChI is InChI=1S/C21H25NO6S/c1-2-21(23)17-3-5-18(6-4-17)27-15-16-28-19-7-9-20(10-8-19)29(24,25)22-11-13-26-14-12-22/h3-10H,2,11-16H2,1H3. The summed E-state index contributed by atoms with van der Waals surface area (Å²) in [5.74, 6) is 1.32. The number of carbonyl (C=O) groups excluding carboxylic acids is 1. The molecule has 2 aromatic rings. The monoisotopic (exact) mass is 419 g/mol. The van der Waals surface area contributed by atoms with E-state index in [0.29, 0.717) is 63.0 Å². The second kappa shape index (κ2) is 9.87. The molecule has 0 radical (unpaired) electrons. The Morgan fingerprint density at radius 3 is 1.97 bits per heavy atom. The van der Waals surface area contributed by atoms with Gasteiger partial charge < -0.3 is 14.2 Å². The Bertz CT molecular complexity index is 903. The highest BCUT2D eigenvalue weighted by molar-refractivity contribution is 7.89. The van der Waals surface area contributed by atoms with Crippen LogP contribution >= 0.6 is 0 Å². The summed E-state index contributed by atoms with van der Waals surface area (Å²) < 4.78 is 43.0. The highest BCUT2D eigenvalue weighted by atomic mass is 32.2. The Balaban J connectivity index is 1.47. The van der Waals surface area contributed by atoms with Gasteiger partial charge in [0.2, 0.25) is 10.0 Å². The van der Waals surface area contributed by atoms with Crippen LogP contribution in [0.1, 0.15) is 23.7 Å². The average Bonchev–Trinajstić information content (AvgIpc) is 2.77. The Morgan fingerprint density at radius 1 is 0.931 bits per heavy atom. The van der Waals surface area contributed by atoms with Gasteiger partial charge in [0.25, 0.3) is 0 Å². The summed E-state index contributed by atoms with van der Waals surface area (Å²) in [5, 5.41) is 0. The summed E-state index contributed by atoms with van der Waals surface area (Å²) in [5.41, 5.74) is 0.670. The third-order valence-electron chi connectivity index (χ3n) is 4.55. The van der Waals surface area contributed by atoms with E-state index in [0.717, 1.165) is 0 Å². The number of benzene rings is 2. The fourth-order valence-electron chi connectivity index (χ4n) is 2.90. The number of Topliss-reactive ketones (excluding diaryl/α,β-unsaturated/α-hetero) is 1. The molecule has 0 spiro atoms. The quantitative estimate of drug-likeness (QED) is 0.459. The van der Waals surface area contributed by atoms with E-state index in [9.17, 15) is 13.2 Å². The predicted octanol–water partition coefficient (Wildman–Crippen LogP) is 2.76. The topological polar surface area (TPSA) is 82.1 Å². The number of carbonyl (C=O) groups is 1. The number of ether oxygens (including phenoxy) is 3. The minimum atomic E-state index is -3.50. The minimum Gasteiger partial charge on any atom is -0.490 e. The summed E-state index contributed by atoms with van der Waals surface area (Å²) in [7, 11) is -3.50. The van der Waals surface area contributed by atoms with Crippen molar-refractivity contribution < 1.29 is 27.4 Å². The fourth-order valence-corrected chi connectivity index (χ4v) is 4.31. The summed E-state index contributed by atoms with van der Waals surface area (Å²) in [4.78, 5) is 11.9. The van der Waals surface area contributed by atoms with Crippen LogP contribution in [0.2, 0.25) is 0 Å². The van der Waals surface area contributed by atoms with Crippen molar-refractivity contribution in [2.75, 3.05) is 39.5 Å². The lowest BCUT2D eigenvalue weighted by molar-refractivity contribution is 0.0730. The molecule has 0 bridgehead atoms. The average molecular weight is 419 g/mol. The smallest absolute Gasteiger partial charge is 0.243 e. The molecule has 0 aliphatic carbocycles. The van der Waals surface area contributed by atoms with Crippen LogP contribution in [0.25, 0.3) is 0 Å². The maximum absolute atomic E-state index is 12.6. The molecule has 0 aromatic heterocycles. The van der Waals surface area contributed by atoms with Crippen molar-refractivity contribution in [3.8, 4) is 11.5 Å². The van der Waals surface area contributed by atoms with Crippen molar-refractivity contribution in [3.63, 3.8) is 0 Å². The van der Waals surface area contributed by atoms with E-state index in [1.807, 2.05) is 6.92 Å². The minimum absolute atomic E-state index is 0.0963. The van der Waals surface area contributed by atoms with Gasteiger partial charge in [-0.15, -0.1) is 0 Å². The largest absolute Gasteiger partial charge is 0.490 e. The summed E-state index contributed by atoms with van der Waals surface area (Å²) >= 11 is 0. The van der Waals surface area contributed by atoms with E-state index in [4.69, 9.17) is 14.2 Å². The molecule has 0 N–H and O–H groups in total. The van der Waals surface area contributed by atoms with Crippen LogP contribution in [0.4, 0.5) is 0 Å². The van der Waals surface area contributed by atoms with Gasteiger partial charge in [-0.05, 0) is 48.5 Å². The van der Waals surface area contributed by atoms with Crippen molar-refractivity contribution >= 4 is 15.8 Å². The van der Waals surface area contributed by atoms with Gasteiger partial charge in [0.05, 0.1) is 18.1 Å². The normalized spacial score (nSPS) is 15.1. The highest BCUT2D eigenvalue weighted by Crippen LogP contribution is 2.20. The Kier molecular flexibility index (Phi) is 7.24. The molecule has 1 fully saturated rings. The van der Waals surface area contributed by atoms with Crippen LogP contribution < -0.4 is 9.47 Å². The Hall–Kier alpha value is -2.42. The van der Waals surface area contributed by atoms with Gasteiger partial charge in [0, 0.05) is 25.1 Å². The van der Waals surface area contributed by atoms with E-state index in [2.05, 4.69) is 0 Å². The van der Waals surface area contributed by atoms with Crippen molar-refractivity contribution in [1.29, 1.82) is 0 Å². The number of nitrogens with zero attached hydrogens (tertiary/aromatic N) is 1. The Morgan fingerprint density at radius 2 is 1.45 bits per heavy atom. The summed E-state index contributed by atoms with van der Waals surface area (Å²) in [6, 6.07) is 13.4. The van der Waals surface area contributed by atoms with Crippen LogP contribution in [0, 0.1) is 0 Å². The zero-order chi connectivity index (χ0) is 20.7. The highest BCUT2D eigenvalue weighted by Gasteiger charge is 2.26. The van der Waals surface area contributed by atoms with Crippen LogP contribution in [0.15, 0.2) is 53.4 Å². The maximum Gasteiger partial charge on any atom is 0.243 e. The fraction of sp³-hybridized carbons (Fsp3) is 0.381. The van der Waals surface area contributed by atoms with Gasteiger partial charge in [0.15, 0.2) is 5.78 Å². The second-order valence-electron chi connectivity index (χ2n) is 6.49. The second-order valence-corrected chi connectivity index (χ2v) is 8.42. The van der Waals surface area contributed by atoms with E-state index in [1.54, 1.807) is 48.5 Å². The van der Waals surface area contributed by atoms with Crippen molar-refractivity contribution in [2.24, 2.45) is 0 Å². The molecular formula is C21H25NO6S. The van der Waals surface area contributed by atoms with Crippen LogP contribution in [0.5, 0.6) is 11.5 Å². The first-order valence-corrected chi connectivity index (χ1v) is 11.0. The maximum atomic E-state index is 12.6. The van der Waals surface area contributed by atoms with E-state index in [-0.39, 0.29) is 10.7 Å². The van der Waals surface area contributed by atoms with Crippen LogP contribution in [-0.4, -0.2) is 58.0 Å². The third-order valence-corrected chi connectivity index (χ3v) is 6.46. The van der Waals surface area contributed by atoms with E-state index < -0.39 is 10.0 Å². The molecule has 1 heterocycles. The first-order valence-electron chi connectivity index (χ1n) is 9.57. The third kappa shape index (κ3) is 5.56. The van der Waals surface area contributed by atoms with Gasteiger partial charge in [-0.25, -0.2) is 8.42 Å². The lowest BCUT2D eigenvalue weighted by Crippen LogP contribution is -2.40. The van der Waals surface area contributed by atoms with Gasteiger partial charge >= 0.3 is 0 Å². The van der Waals surface area contributed by atoms with Gasteiger partial charge in [-0.2, -0.15) is 4.31 Å². The lowest BCUT2D eigenvalue weighted by atomic mass is 10.1. The number of rotatable bonds is 9. The molecule has 8 heteroatoms. The molecule has 1 aliphatic heterocycles. The van der Waals surface area contributed by atoms with Crippen molar-refractivity contribution in [3.05, 3.63) is 54.1 Å². The number of sulfonamides is 1. The molecule has 0 atom stereocenters. The molecule has 3 rings (SSSR count). The molecule has 1 saturated heterocycles. The lowest BCUT2D eigenvalue weighted by Gasteiger charge is -2.26. The molecule has 7 nitrogen and oxygen atoms in total. The van der Waals surface area contributed by atoms with E-state index >= 15 is 0 Å². The number of hydrogen-bond donors (Lipinski definition) is 0. The van der Waals surface area contributed by atoms with Gasteiger partial charge in [-0.1, -0.05) is 6.92 Å². The molecule has 29 heavy (non-hydrogen) atoms. The van der Waals surface area contributed by atoms with Crippen molar-refractivity contribution in [1.82, 2.24) is 4.31 Å². The molecule has 0 saturated carbocycles. The zero-order valence-corrected chi connectivity index (χ0v) is 17.2. The molecule has 0 amide bonds. The van der Waals surface area contributed by atoms with Crippen LogP contribution in [0.3, 0.4) is 0 Å². The van der Waals surface area contributed by atoms with E-state index in [1.165, 1.54) is 4.31 Å². The molecular weight excluding hydrogens is 394 g/mol. The molecule has 2 aromatic carbocycles. The zero-order valence-electron chi connectivity index (χ0n) is 16.4. The van der Waals surface area contributed by atoms with Crippen molar-refractivity contribution in [2.45, 2.75) is 18.2 Å². The molecule has 156 valence electrons. The number of ketones is 1. The summed E-state index contributed by atoms with van der Waals surface area (Å²) in [6.45, 7) is 4.03. The first-order chi connectivity index (χ1) is 14.0. The van der Waals surface area contributed by atoms with Gasteiger partial charge in [0.1, 0.15) is 24.7 Å². The number of hydrogen-bond acceptors (Lipinski definition) is 6. The molecule has 0 unspecified atom stereocenters. The van der Waals surface area contributed by atoms with Gasteiger partial charge in [-0.3, -0.25) is 4.79 Å². The molecule has 1 aliphatic rings. The Labute approximate surface area is 171 Å². The number of morpholine rings is 1. The summed E-state index contributed by atoms with van der Waals surface area (Å²) in [6.07, 6.45) is 0.473. The van der Waals surface area contributed by atoms with Crippen LogP contribution in [-0.2, 0) is 14.8 Å².